The predicted molar refractivity (Wildman–Crippen MR) is 89.3 cm³/mol. The van der Waals surface area contributed by atoms with E-state index in [2.05, 4.69) is 0 Å². The van der Waals surface area contributed by atoms with E-state index in [1.807, 2.05) is 31.2 Å². The second-order valence-electron chi connectivity index (χ2n) is 4.43. The van der Waals surface area contributed by atoms with Gasteiger partial charge in [-0.15, -0.1) is 0 Å². The molecule has 0 spiro atoms. The number of nitrogens with zero attached hydrogens (tertiary/aromatic N) is 1. The molecule has 0 unspecified atom stereocenters. The Kier molecular flexibility index (Phi) is 5.39. The third-order valence-corrected chi connectivity index (χ3v) is 4.47. The smallest absolute Gasteiger partial charge is 0.266 e. The Morgan fingerprint density at radius 3 is 2.71 bits per heavy atom. The average molecular weight is 323 g/mol. The molecule has 4 nitrogen and oxygen atoms in total. The van der Waals surface area contributed by atoms with Gasteiger partial charge >= 0.3 is 0 Å². The van der Waals surface area contributed by atoms with Crippen LogP contribution in [0.15, 0.2) is 23.1 Å². The quantitative estimate of drug-likeness (QED) is 0.615. The summed E-state index contributed by atoms with van der Waals surface area (Å²) >= 11 is 6.54. The van der Waals surface area contributed by atoms with E-state index >= 15 is 0 Å². The molecule has 1 aliphatic rings. The third kappa shape index (κ3) is 3.45. The topological polar surface area (TPSA) is 38.8 Å². The van der Waals surface area contributed by atoms with Crippen molar-refractivity contribution in [2.45, 2.75) is 13.5 Å². The first-order chi connectivity index (χ1) is 10.1. The Bertz CT molecular complexity index is 599. The molecule has 2 rings (SSSR count). The van der Waals surface area contributed by atoms with Gasteiger partial charge in [0.1, 0.15) is 10.1 Å². The van der Waals surface area contributed by atoms with Gasteiger partial charge in [0, 0.05) is 19.2 Å². The number of amides is 1. The maximum atomic E-state index is 12.2. The first-order valence-corrected chi connectivity index (χ1v) is 7.74. The number of rotatable bonds is 5. The average Bonchev–Trinajstić information content (AvgIpc) is 2.73. The summed E-state index contributed by atoms with van der Waals surface area (Å²) in [5.41, 5.74) is 1.87. The Morgan fingerprint density at radius 2 is 2.14 bits per heavy atom. The lowest BCUT2D eigenvalue weighted by atomic mass is 10.1. The minimum Gasteiger partial charge on any atom is -0.496 e. The van der Waals surface area contributed by atoms with Gasteiger partial charge in [-0.2, -0.15) is 0 Å². The number of thioether (sulfide) groups is 1. The van der Waals surface area contributed by atoms with E-state index in [4.69, 9.17) is 21.7 Å². The fourth-order valence-electron chi connectivity index (χ4n) is 2.08. The van der Waals surface area contributed by atoms with Gasteiger partial charge in [-0.1, -0.05) is 30.0 Å². The van der Waals surface area contributed by atoms with E-state index < -0.39 is 0 Å². The lowest BCUT2D eigenvalue weighted by Crippen LogP contribution is -2.27. The molecule has 0 saturated carbocycles. The summed E-state index contributed by atoms with van der Waals surface area (Å²) in [6.45, 7) is 2.97. The lowest BCUT2D eigenvalue weighted by Gasteiger charge is -2.10. The molecule has 0 aromatic heterocycles. The third-order valence-electron chi connectivity index (χ3n) is 3.09. The molecule has 0 bridgehead atoms. The number of likely N-dealkylation sites (N-methyl/N-ethyl adjacent to an activating group) is 1. The molecule has 1 aromatic rings. The maximum Gasteiger partial charge on any atom is 0.266 e. The van der Waals surface area contributed by atoms with Crippen LogP contribution in [-0.2, 0) is 16.1 Å². The first-order valence-electron chi connectivity index (χ1n) is 6.52. The van der Waals surface area contributed by atoms with E-state index in [0.717, 1.165) is 16.9 Å². The van der Waals surface area contributed by atoms with Crippen LogP contribution in [0.25, 0.3) is 6.08 Å². The lowest BCUT2D eigenvalue weighted by molar-refractivity contribution is -0.121. The fourth-order valence-corrected chi connectivity index (χ4v) is 3.46. The number of carbonyl (C=O) groups excluding carboxylic acids is 1. The van der Waals surface area contributed by atoms with Crippen LogP contribution in [0.1, 0.15) is 18.1 Å². The molecule has 1 saturated heterocycles. The van der Waals surface area contributed by atoms with Crippen molar-refractivity contribution in [1.29, 1.82) is 0 Å². The number of hydrogen-bond donors (Lipinski definition) is 0. The van der Waals surface area contributed by atoms with E-state index in [1.165, 1.54) is 11.8 Å². The predicted octanol–water partition coefficient (Wildman–Crippen LogP) is 3.06. The van der Waals surface area contributed by atoms with Crippen molar-refractivity contribution in [2.24, 2.45) is 0 Å². The van der Waals surface area contributed by atoms with E-state index in [-0.39, 0.29) is 5.91 Å². The Hall–Kier alpha value is -1.37. The second-order valence-corrected chi connectivity index (χ2v) is 6.11. The standard InChI is InChI=1S/C15H17NO3S2/c1-4-16-14(17)13(21-15(16)20)8-10-5-6-12(19-3)11(7-10)9-18-2/h5-8H,4,9H2,1-3H3. The summed E-state index contributed by atoms with van der Waals surface area (Å²) in [5, 5.41) is 0. The Labute approximate surface area is 134 Å². The van der Waals surface area contributed by atoms with Gasteiger partial charge in [-0.25, -0.2) is 0 Å². The van der Waals surface area contributed by atoms with E-state index in [1.54, 1.807) is 19.1 Å². The van der Waals surface area contributed by atoms with Gasteiger partial charge in [0.15, 0.2) is 0 Å². The number of carbonyl (C=O) groups is 1. The summed E-state index contributed by atoms with van der Waals surface area (Å²) in [7, 11) is 3.26. The summed E-state index contributed by atoms with van der Waals surface area (Å²) in [6, 6.07) is 5.75. The summed E-state index contributed by atoms with van der Waals surface area (Å²) in [6.07, 6.45) is 1.85. The van der Waals surface area contributed by atoms with Gasteiger partial charge in [-0.05, 0) is 30.7 Å². The van der Waals surface area contributed by atoms with Crippen molar-refractivity contribution in [1.82, 2.24) is 4.90 Å². The van der Waals surface area contributed by atoms with Crippen molar-refractivity contribution in [3.8, 4) is 5.75 Å². The second kappa shape index (κ2) is 7.06. The van der Waals surface area contributed by atoms with Crippen LogP contribution in [0.5, 0.6) is 5.75 Å². The highest BCUT2D eigenvalue weighted by molar-refractivity contribution is 8.26. The fraction of sp³-hybridized carbons (Fsp3) is 0.333. The van der Waals surface area contributed by atoms with Crippen molar-refractivity contribution in [2.75, 3.05) is 20.8 Å². The molecule has 0 atom stereocenters. The molecule has 0 radical (unpaired) electrons. The molecular formula is C15H17NO3S2. The van der Waals surface area contributed by atoms with Crippen molar-refractivity contribution in [3.05, 3.63) is 34.2 Å². The molecule has 1 fully saturated rings. The highest BCUT2D eigenvalue weighted by Gasteiger charge is 2.30. The summed E-state index contributed by atoms with van der Waals surface area (Å²) in [5.74, 6) is 0.742. The largest absolute Gasteiger partial charge is 0.496 e. The van der Waals surface area contributed by atoms with Gasteiger partial charge in [0.05, 0.1) is 18.6 Å². The van der Waals surface area contributed by atoms with Crippen molar-refractivity contribution in [3.63, 3.8) is 0 Å². The Balaban J connectivity index is 2.31. The molecule has 1 heterocycles. The Morgan fingerprint density at radius 1 is 1.38 bits per heavy atom. The van der Waals surface area contributed by atoms with Gasteiger partial charge in [0.25, 0.3) is 5.91 Å². The van der Waals surface area contributed by atoms with E-state index in [9.17, 15) is 4.79 Å². The van der Waals surface area contributed by atoms with Crippen molar-refractivity contribution >= 4 is 40.3 Å². The van der Waals surface area contributed by atoms with Crippen LogP contribution in [0, 0.1) is 0 Å². The number of ether oxygens (including phenoxy) is 2. The SMILES string of the molecule is CCN1C(=O)C(=Cc2ccc(OC)c(COC)c2)SC1=S. The maximum absolute atomic E-state index is 12.2. The monoisotopic (exact) mass is 323 g/mol. The highest BCUT2D eigenvalue weighted by Crippen LogP contribution is 2.33. The first kappa shape index (κ1) is 16.0. The molecule has 6 heteroatoms. The van der Waals surface area contributed by atoms with Gasteiger partial charge in [0.2, 0.25) is 0 Å². The number of thiocarbonyl (C=S) groups is 1. The normalized spacial score (nSPS) is 16.9. The van der Waals surface area contributed by atoms with Crippen LogP contribution >= 0.6 is 24.0 Å². The molecule has 0 N–H and O–H groups in total. The molecule has 1 aromatic carbocycles. The number of hydrogen-bond acceptors (Lipinski definition) is 5. The van der Waals surface area contributed by atoms with Gasteiger partial charge < -0.3 is 9.47 Å². The molecule has 112 valence electrons. The molecule has 21 heavy (non-hydrogen) atoms. The van der Waals surface area contributed by atoms with Crippen LogP contribution < -0.4 is 4.74 Å². The number of benzene rings is 1. The van der Waals surface area contributed by atoms with Crippen LogP contribution in [0.3, 0.4) is 0 Å². The van der Waals surface area contributed by atoms with Crippen LogP contribution in [0.2, 0.25) is 0 Å². The molecule has 1 amide bonds. The van der Waals surface area contributed by atoms with Gasteiger partial charge in [-0.3, -0.25) is 9.69 Å². The zero-order valence-electron chi connectivity index (χ0n) is 12.2. The molecule has 0 aliphatic carbocycles. The van der Waals surface area contributed by atoms with Crippen LogP contribution in [0.4, 0.5) is 0 Å². The zero-order valence-corrected chi connectivity index (χ0v) is 13.8. The minimum absolute atomic E-state index is 0.0309. The molecular weight excluding hydrogens is 306 g/mol. The summed E-state index contributed by atoms with van der Waals surface area (Å²) < 4.78 is 11.1. The zero-order chi connectivity index (χ0) is 15.4. The minimum atomic E-state index is -0.0309. The highest BCUT2D eigenvalue weighted by atomic mass is 32.2. The van der Waals surface area contributed by atoms with Crippen molar-refractivity contribution < 1.29 is 14.3 Å². The molecule has 1 aliphatic heterocycles. The summed E-state index contributed by atoms with van der Waals surface area (Å²) in [4.78, 5) is 14.4. The number of methoxy groups -OCH3 is 2. The van der Waals surface area contributed by atoms with E-state index in [0.29, 0.717) is 22.4 Å². The van der Waals surface area contributed by atoms with Crippen LogP contribution in [-0.4, -0.2) is 35.9 Å².